The number of pyridine rings is 1. The van der Waals surface area contributed by atoms with Crippen molar-refractivity contribution in [3.8, 4) is 0 Å². The van der Waals surface area contributed by atoms with Crippen molar-refractivity contribution in [2.45, 2.75) is 19.4 Å². The molecule has 1 N–H and O–H groups in total. The van der Waals surface area contributed by atoms with Crippen molar-refractivity contribution in [2.75, 3.05) is 6.54 Å². The average molecular weight is 313 g/mol. The first-order chi connectivity index (χ1) is 9.61. The van der Waals surface area contributed by atoms with E-state index in [2.05, 4.69) is 17.2 Å². The van der Waals surface area contributed by atoms with Gasteiger partial charge in [0.1, 0.15) is 5.82 Å². The Hall–Kier alpha value is -1.16. The highest BCUT2D eigenvalue weighted by atomic mass is 35.5. The zero-order chi connectivity index (χ0) is 14.5. The van der Waals surface area contributed by atoms with E-state index in [9.17, 15) is 4.39 Å². The topological polar surface area (TPSA) is 24.9 Å². The van der Waals surface area contributed by atoms with Crippen molar-refractivity contribution >= 4 is 23.2 Å². The maximum absolute atomic E-state index is 14.1. The summed E-state index contributed by atoms with van der Waals surface area (Å²) in [6, 6.07) is 7.90. The number of hydrogen-bond donors (Lipinski definition) is 1. The first-order valence-corrected chi connectivity index (χ1v) is 7.17. The van der Waals surface area contributed by atoms with E-state index in [1.54, 1.807) is 30.5 Å². The fourth-order valence-electron chi connectivity index (χ4n) is 1.96. The van der Waals surface area contributed by atoms with Gasteiger partial charge in [-0.2, -0.15) is 0 Å². The van der Waals surface area contributed by atoms with E-state index in [1.807, 2.05) is 0 Å². The quantitative estimate of drug-likeness (QED) is 0.871. The number of benzene rings is 1. The van der Waals surface area contributed by atoms with Crippen LogP contribution in [-0.2, 0) is 0 Å². The van der Waals surface area contributed by atoms with E-state index < -0.39 is 0 Å². The molecule has 0 aliphatic rings. The SMILES string of the molecule is CCCNC(c1ccc(Cl)cn1)c1ccc(Cl)cc1F. The summed E-state index contributed by atoms with van der Waals surface area (Å²) in [6.45, 7) is 2.81. The Morgan fingerprint density at radius 3 is 2.55 bits per heavy atom. The van der Waals surface area contributed by atoms with Crippen LogP contribution >= 0.6 is 23.2 Å². The fourth-order valence-corrected chi connectivity index (χ4v) is 2.23. The molecule has 1 atom stereocenters. The fraction of sp³-hybridized carbons (Fsp3) is 0.267. The second-order valence-electron chi connectivity index (χ2n) is 4.45. The maximum Gasteiger partial charge on any atom is 0.129 e. The van der Waals surface area contributed by atoms with E-state index in [0.29, 0.717) is 15.6 Å². The first-order valence-electron chi connectivity index (χ1n) is 6.41. The molecule has 20 heavy (non-hydrogen) atoms. The number of rotatable bonds is 5. The van der Waals surface area contributed by atoms with Crippen molar-refractivity contribution in [3.05, 3.63) is 63.6 Å². The Bertz CT molecular complexity index is 573. The average Bonchev–Trinajstić information content (AvgIpc) is 2.42. The van der Waals surface area contributed by atoms with Gasteiger partial charge >= 0.3 is 0 Å². The zero-order valence-electron chi connectivity index (χ0n) is 11.0. The molecule has 2 nitrogen and oxygen atoms in total. The van der Waals surface area contributed by atoms with Crippen LogP contribution in [0.25, 0.3) is 0 Å². The van der Waals surface area contributed by atoms with Gasteiger partial charge < -0.3 is 5.32 Å². The summed E-state index contributed by atoms with van der Waals surface area (Å²) in [5.74, 6) is -0.345. The number of nitrogens with zero attached hydrogens (tertiary/aromatic N) is 1. The lowest BCUT2D eigenvalue weighted by Crippen LogP contribution is -2.25. The molecule has 1 unspecified atom stereocenters. The summed E-state index contributed by atoms with van der Waals surface area (Å²) in [5.41, 5.74) is 1.25. The molecule has 0 radical (unpaired) electrons. The van der Waals surface area contributed by atoms with E-state index in [-0.39, 0.29) is 11.9 Å². The summed E-state index contributed by atoms with van der Waals surface area (Å²) in [5, 5.41) is 4.23. The molecule has 5 heteroatoms. The molecule has 1 aromatic heterocycles. The Morgan fingerprint density at radius 2 is 1.95 bits per heavy atom. The molecule has 0 bridgehead atoms. The minimum absolute atomic E-state index is 0.315. The van der Waals surface area contributed by atoms with Crippen molar-refractivity contribution in [1.82, 2.24) is 10.3 Å². The lowest BCUT2D eigenvalue weighted by molar-refractivity contribution is 0.539. The molecule has 2 aromatic rings. The van der Waals surface area contributed by atoms with Gasteiger partial charge in [0.05, 0.1) is 16.8 Å². The van der Waals surface area contributed by atoms with Crippen LogP contribution in [0.2, 0.25) is 10.0 Å². The van der Waals surface area contributed by atoms with Crippen LogP contribution in [0.4, 0.5) is 4.39 Å². The summed E-state index contributed by atoms with van der Waals surface area (Å²) < 4.78 is 14.1. The van der Waals surface area contributed by atoms with Crippen LogP contribution in [0.15, 0.2) is 36.5 Å². The number of aromatic nitrogens is 1. The summed E-state index contributed by atoms with van der Waals surface area (Å²) >= 11 is 11.6. The molecule has 0 fully saturated rings. The third kappa shape index (κ3) is 3.69. The Morgan fingerprint density at radius 1 is 1.20 bits per heavy atom. The third-order valence-corrected chi connectivity index (χ3v) is 3.38. The largest absolute Gasteiger partial charge is 0.305 e. The monoisotopic (exact) mass is 312 g/mol. The van der Waals surface area contributed by atoms with Gasteiger partial charge in [0.15, 0.2) is 0 Å². The Balaban J connectivity index is 2.38. The lowest BCUT2D eigenvalue weighted by Gasteiger charge is -2.19. The molecule has 0 aliphatic heterocycles. The molecule has 1 aromatic carbocycles. The highest BCUT2D eigenvalue weighted by molar-refractivity contribution is 6.30. The summed E-state index contributed by atoms with van der Waals surface area (Å²) in [7, 11) is 0. The van der Waals surface area contributed by atoms with E-state index in [4.69, 9.17) is 23.2 Å². The Kier molecular flexibility index (Phi) is 5.35. The molecule has 106 valence electrons. The molecular formula is C15H15Cl2FN2. The second kappa shape index (κ2) is 7.02. The van der Waals surface area contributed by atoms with Crippen molar-refractivity contribution in [1.29, 1.82) is 0 Å². The molecule has 0 aliphatic carbocycles. The standard InChI is InChI=1S/C15H15Cl2FN2/c1-2-7-19-15(14-6-4-11(17)9-20-14)12-5-3-10(16)8-13(12)18/h3-6,8-9,15,19H,2,7H2,1H3. The van der Waals surface area contributed by atoms with Gasteiger partial charge in [-0.05, 0) is 37.2 Å². The van der Waals surface area contributed by atoms with E-state index in [0.717, 1.165) is 18.7 Å². The normalized spacial score (nSPS) is 12.4. The van der Waals surface area contributed by atoms with Gasteiger partial charge in [-0.3, -0.25) is 4.98 Å². The third-order valence-electron chi connectivity index (χ3n) is 2.92. The molecule has 0 saturated carbocycles. The van der Waals surface area contributed by atoms with Crippen molar-refractivity contribution in [3.63, 3.8) is 0 Å². The van der Waals surface area contributed by atoms with Gasteiger partial charge in [0.25, 0.3) is 0 Å². The van der Waals surface area contributed by atoms with Gasteiger partial charge in [-0.15, -0.1) is 0 Å². The van der Waals surface area contributed by atoms with E-state index >= 15 is 0 Å². The van der Waals surface area contributed by atoms with Crippen LogP contribution < -0.4 is 5.32 Å². The molecule has 0 spiro atoms. The minimum Gasteiger partial charge on any atom is -0.305 e. The molecule has 0 amide bonds. The highest BCUT2D eigenvalue weighted by Crippen LogP contribution is 2.26. The predicted octanol–water partition coefficient (Wildman–Crippen LogP) is 4.62. The van der Waals surface area contributed by atoms with Gasteiger partial charge in [-0.1, -0.05) is 36.2 Å². The predicted molar refractivity (Wildman–Crippen MR) is 80.8 cm³/mol. The van der Waals surface area contributed by atoms with Crippen molar-refractivity contribution in [2.24, 2.45) is 0 Å². The smallest absolute Gasteiger partial charge is 0.129 e. The van der Waals surface area contributed by atoms with Crippen LogP contribution in [-0.4, -0.2) is 11.5 Å². The molecular weight excluding hydrogens is 298 g/mol. The van der Waals surface area contributed by atoms with Gasteiger partial charge in [-0.25, -0.2) is 4.39 Å². The highest BCUT2D eigenvalue weighted by Gasteiger charge is 2.18. The van der Waals surface area contributed by atoms with Crippen LogP contribution in [0, 0.1) is 5.82 Å². The molecule has 0 saturated heterocycles. The summed E-state index contributed by atoms with van der Waals surface area (Å²) in [4.78, 5) is 4.28. The van der Waals surface area contributed by atoms with E-state index in [1.165, 1.54) is 6.07 Å². The van der Waals surface area contributed by atoms with Gasteiger partial charge in [0.2, 0.25) is 0 Å². The molecule has 1 heterocycles. The zero-order valence-corrected chi connectivity index (χ0v) is 12.5. The summed E-state index contributed by atoms with van der Waals surface area (Å²) in [6.07, 6.45) is 2.50. The maximum atomic E-state index is 14.1. The number of hydrogen-bond acceptors (Lipinski definition) is 2. The van der Waals surface area contributed by atoms with Crippen LogP contribution in [0.1, 0.15) is 30.6 Å². The number of nitrogens with one attached hydrogen (secondary N) is 1. The molecule has 2 rings (SSSR count). The van der Waals surface area contributed by atoms with Crippen LogP contribution in [0.5, 0.6) is 0 Å². The second-order valence-corrected chi connectivity index (χ2v) is 5.33. The van der Waals surface area contributed by atoms with Crippen LogP contribution in [0.3, 0.4) is 0 Å². The van der Waals surface area contributed by atoms with Gasteiger partial charge in [0, 0.05) is 16.8 Å². The Labute approximate surface area is 127 Å². The number of halogens is 3. The first kappa shape index (κ1) is 15.2. The lowest BCUT2D eigenvalue weighted by atomic mass is 10.0. The minimum atomic E-state index is -0.345. The van der Waals surface area contributed by atoms with Crippen molar-refractivity contribution < 1.29 is 4.39 Å².